The molecule has 3 heteroatoms. The summed E-state index contributed by atoms with van der Waals surface area (Å²) in [7, 11) is 4.19. The molecule has 21 heavy (non-hydrogen) atoms. The van der Waals surface area contributed by atoms with E-state index in [4.69, 9.17) is 0 Å². The first-order chi connectivity index (χ1) is 10.1. The number of hydrogen-bond acceptors (Lipinski definition) is 3. The molecule has 0 spiro atoms. The fourth-order valence-corrected chi connectivity index (χ4v) is 4.45. The lowest BCUT2D eigenvalue weighted by Gasteiger charge is -2.46. The largest absolute Gasteiger partial charge is 0.381 e. The minimum atomic E-state index is -0.867. The normalized spacial score (nSPS) is 31.3. The molecule has 2 aliphatic rings. The van der Waals surface area contributed by atoms with E-state index in [2.05, 4.69) is 48.2 Å². The van der Waals surface area contributed by atoms with Gasteiger partial charge in [0.15, 0.2) is 5.66 Å². The summed E-state index contributed by atoms with van der Waals surface area (Å²) in [5, 5.41) is 11.6. The van der Waals surface area contributed by atoms with Crippen LogP contribution >= 0.6 is 0 Å². The van der Waals surface area contributed by atoms with Crippen molar-refractivity contribution in [1.29, 1.82) is 0 Å². The molecular formula is C18H20N2O. The van der Waals surface area contributed by atoms with Crippen LogP contribution in [-0.2, 0) is 11.3 Å². The van der Waals surface area contributed by atoms with Crippen molar-refractivity contribution in [3.05, 3.63) is 65.7 Å². The number of likely N-dealkylation sites (tertiary alicyclic amines) is 1. The third-order valence-electron chi connectivity index (χ3n) is 5.31. The molecule has 2 atom stereocenters. The first-order valence-electron chi connectivity index (χ1n) is 7.45. The van der Waals surface area contributed by atoms with Gasteiger partial charge in [-0.25, -0.2) is 0 Å². The Labute approximate surface area is 125 Å². The van der Waals surface area contributed by atoms with Crippen molar-refractivity contribution in [1.82, 2.24) is 4.90 Å². The van der Waals surface area contributed by atoms with Crippen molar-refractivity contribution in [2.45, 2.75) is 17.7 Å². The number of fused-ring (bicyclic) bond motifs is 3. The second-order valence-electron chi connectivity index (χ2n) is 6.15. The van der Waals surface area contributed by atoms with Crippen molar-refractivity contribution >= 4 is 5.69 Å². The standard InChI is InChI=1S/C18H20N2O/c1-19-13-12-17(21)15-10-6-7-11-16(15)20(2)18(17,19)14-8-4-3-5-9-14/h3-11,21H,12-13H2,1-2H3/t17-,18-/m0/s1. The Balaban J connectivity index is 2.04. The van der Waals surface area contributed by atoms with E-state index >= 15 is 0 Å². The molecule has 0 bridgehead atoms. The van der Waals surface area contributed by atoms with Gasteiger partial charge in [0, 0.05) is 24.8 Å². The summed E-state index contributed by atoms with van der Waals surface area (Å²) >= 11 is 0. The van der Waals surface area contributed by atoms with Gasteiger partial charge in [0.05, 0.1) is 0 Å². The second-order valence-corrected chi connectivity index (χ2v) is 6.15. The highest BCUT2D eigenvalue weighted by atomic mass is 16.3. The van der Waals surface area contributed by atoms with Crippen LogP contribution in [0.2, 0.25) is 0 Å². The monoisotopic (exact) mass is 280 g/mol. The number of rotatable bonds is 1. The van der Waals surface area contributed by atoms with Gasteiger partial charge in [0.1, 0.15) is 5.60 Å². The molecule has 1 N–H and O–H groups in total. The molecule has 108 valence electrons. The Morgan fingerprint density at radius 3 is 2.38 bits per heavy atom. The first-order valence-corrected chi connectivity index (χ1v) is 7.45. The molecule has 2 aliphatic heterocycles. The highest BCUT2D eigenvalue weighted by molar-refractivity contribution is 5.67. The maximum atomic E-state index is 11.6. The number of anilines is 1. The first kappa shape index (κ1) is 12.9. The third-order valence-corrected chi connectivity index (χ3v) is 5.31. The smallest absolute Gasteiger partial charge is 0.153 e. The number of benzene rings is 2. The highest BCUT2D eigenvalue weighted by Gasteiger charge is 2.66. The molecule has 2 aromatic rings. The van der Waals surface area contributed by atoms with Crippen molar-refractivity contribution in [2.75, 3.05) is 25.5 Å². The minimum absolute atomic E-state index is 0.516. The molecule has 1 fully saturated rings. The molecular weight excluding hydrogens is 260 g/mol. The summed E-state index contributed by atoms with van der Waals surface area (Å²) in [6.45, 7) is 0.879. The summed E-state index contributed by atoms with van der Waals surface area (Å²) in [4.78, 5) is 4.52. The van der Waals surface area contributed by atoms with Crippen molar-refractivity contribution in [3.63, 3.8) is 0 Å². The molecule has 0 aromatic heterocycles. The Morgan fingerprint density at radius 1 is 0.952 bits per heavy atom. The van der Waals surface area contributed by atoms with Gasteiger partial charge in [-0.1, -0.05) is 48.5 Å². The van der Waals surface area contributed by atoms with Crippen molar-refractivity contribution in [2.24, 2.45) is 0 Å². The topological polar surface area (TPSA) is 26.7 Å². The predicted octanol–water partition coefficient (Wildman–Crippen LogP) is 2.51. The van der Waals surface area contributed by atoms with Gasteiger partial charge < -0.3 is 10.0 Å². The molecule has 0 radical (unpaired) electrons. The van der Waals surface area contributed by atoms with E-state index in [-0.39, 0.29) is 0 Å². The van der Waals surface area contributed by atoms with Crippen LogP contribution in [0.3, 0.4) is 0 Å². The Kier molecular flexibility index (Phi) is 2.51. The maximum absolute atomic E-state index is 11.6. The van der Waals surface area contributed by atoms with E-state index in [0.717, 1.165) is 29.8 Å². The van der Waals surface area contributed by atoms with Crippen LogP contribution in [0, 0.1) is 0 Å². The quantitative estimate of drug-likeness (QED) is 0.869. The molecule has 2 heterocycles. The third kappa shape index (κ3) is 1.31. The van der Waals surface area contributed by atoms with Crippen LogP contribution in [-0.4, -0.2) is 30.6 Å². The fraction of sp³-hybridized carbons (Fsp3) is 0.333. The number of likely N-dealkylation sites (N-methyl/N-ethyl adjacent to an activating group) is 2. The number of nitrogens with zero attached hydrogens (tertiary/aromatic N) is 2. The summed E-state index contributed by atoms with van der Waals surface area (Å²) in [6, 6.07) is 18.6. The average molecular weight is 280 g/mol. The van der Waals surface area contributed by atoms with Gasteiger partial charge in [-0.05, 0) is 25.1 Å². The molecule has 0 unspecified atom stereocenters. The Hall–Kier alpha value is -1.84. The summed E-state index contributed by atoms with van der Waals surface area (Å²) in [5.41, 5.74) is 1.93. The van der Waals surface area contributed by atoms with Crippen LogP contribution in [0.15, 0.2) is 54.6 Å². The molecule has 0 amide bonds. The lowest BCUT2D eigenvalue weighted by Crippen LogP contribution is -2.58. The molecule has 1 saturated heterocycles. The Morgan fingerprint density at radius 2 is 1.62 bits per heavy atom. The minimum Gasteiger partial charge on any atom is -0.381 e. The molecule has 3 nitrogen and oxygen atoms in total. The SMILES string of the molecule is CN1CC[C@]2(O)c3ccccc3N(C)[C@]12c1ccccc1. The zero-order chi connectivity index (χ0) is 14.7. The van der Waals surface area contributed by atoms with Gasteiger partial charge in [-0.3, -0.25) is 4.90 Å². The van der Waals surface area contributed by atoms with Crippen LogP contribution < -0.4 is 4.90 Å². The van der Waals surface area contributed by atoms with Crippen LogP contribution in [0.1, 0.15) is 17.5 Å². The summed E-state index contributed by atoms with van der Waals surface area (Å²) < 4.78 is 0. The van der Waals surface area contributed by atoms with Crippen LogP contribution in [0.25, 0.3) is 0 Å². The Bertz CT molecular complexity index is 687. The fourth-order valence-electron chi connectivity index (χ4n) is 4.45. The van der Waals surface area contributed by atoms with Gasteiger partial charge in [-0.2, -0.15) is 0 Å². The highest BCUT2D eigenvalue weighted by Crippen LogP contribution is 2.60. The van der Waals surface area contributed by atoms with Gasteiger partial charge in [-0.15, -0.1) is 0 Å². The molecule has 0 aliphatic carbocycles. The lowest BCUT2D eigenvalue weighted by molar-refractivity contribution is -0.0535. The summed E-state index contributed by atoms with van der Waals surface area (Å²) in [5.74, 6) is 0. The van der Waals surface area contributed by atoms with E-state index in [0.29, 0.717) is 0 Å². The molecule has 4 rings (SSSR count). The maximum Gasteiger partial charge on any atom is 0.153 e. The number of hydrogen-bond donors (Lipinski definition) is 1. The van der Waals surface area contributed by atoms with Gasteiger partial charge in [0.25, 0.3) is 0 Å². The van der Waals surface area contributed by atoms with Crippen molar-refractivity contribution in [3.8, 4) is 0 Å². The number of para-hydroxylation sites is 1. The van der Waals surface area contributed by atoms with Crippen LogP contribution in [0.4, 0.5) is 5.69 Å². The average Bonchev–Trinajstić information content (AvgIpc) is 2.91. The zero-order valence-electron chi connectivity index (χ0n) is 12.5. The van der Waals surface area contributed by atoms with E-state index in [9.17, 15) is 5.11 Å². The zero-order valence-corrected chi connectivity index (χ0v) is 12.5. The predicted molar refractivity (Wildman–Crippen MR) is 84.1 cm³/mol. The molecule has 2 aromatic carbocycles. The van der Waals surface area contributed by atoms with Crippen LogP contribution in [0.5, 0.6) is 0 Å². The van der Waals surface area contributed by atoms with E-state index in [1.807, 2.05) is 30.3 Å². The van der Waals surface area contributed by atoms with E-state index in [1.165, 1.54) is 0 Å². The molecule has 0 saturated carbocycles. The van der Waals surface area contributed by atoms with Crippen molar-refractivity contribution < 1.29 is 5.11 Å². The van der Waals surface area contributed by atoms with E-state index in [1.54, 1.807) is 0 Å². The van der Waals surface area contributed by atoms with Gasteiger partial charge in [0.2, 0.25) is 0 Å². The summed E-state index contributed by atoms with van der Waals surface area (Å²) in [6.07, 6.45) is 0.750. The second kappa shape index (κ2) is 4.09. The van der Waals surface area contributed by atoms with Gasteiger partial charge >= 0.3 is 0 Å². The van der Waals surface area contributed by atoms with E-state index < -0.39 is 11.3 Å². The lowest BCUT2D eigenvalue weighted by atomic mass is 9.80. The number of aliphatic hydroxyl groups is 1.